The zero-order valence-electron chi connectivity index (χ0n) is 11.7. The van der Waals surface area contributed by atoms with E-state index in [1.165, 1.54) is 24.0 Å². The molecule has 1 unspecified atom stereocenters. The molecule has 20 heavy (non-hydrogen) atoms. The van der Waals surface area contributed by atoms with Crippen LogP contribution >= 0.6 is 15.9 Å². The van der Waals surface area contributed by atoms with Gasteiger partial charge in [0.1, 0.15) is 0 Å². The molecule has 0 saturated heterocycles. The second kappa shape index (κ2) is 6.11. The Kier molecular flexibility index (Phi) is 4.23. The van der Waals surface area contributed by atoms with Crippen molar-refractivity contribution in [2.45, 2.75) is 37.8 Å². The molecule has 2 heteroatoms. The van der Waals surface area contributed by atoms with Crippen molar-refractivity contribution in [2.75, 3.05) is 0 Å². The minimum atomic E-state index is 0.411. The van der Waals surface area contributed by atoms with E-state index in [4.69, 9.17) is 0 Å². The fourth-order valence-corrected chi connectivity index (χ4v) is 3.39. The lowest BCUT2D eigenvalue weighted by atomic mass is 9.75. The van der Waals surface area contributed by atoms with Gasteiger partial charge in [-0.05, 0) is 48.9 Å². The summed E-state index contributed by atoms with van der Waals surface area (Å²) in [6, 6.07) is 20.5. The first-order valence-electron chi connectivity index (χ1n) is 7.29. The summed E-state index contributed by atoms with van der Waals surface area (Å²) in [5, 5.41) is 3.74. The molecule has 3 rings (SSSR count). The van der Waals surface area contributed by atoms with E-state index in [-0.39, 0.29) is 0 Å². The van der Waals surface area contributed by atoms with Crippen LogP contribution in [0.1, 0.15) is 42.9 Å². The Morgan fingerprint density at radius 1 is 1.05 bits per heavy atom. The van der Waals surface area contributed by atoms with Crippen LogP contribution in [0.5, 0.6) is 0 Å². The molecule has 1 saturated carbocycles. The molecule has 0 radical (unpaired) electrons. The number of rotatable bonds is 4. The van der Waals surface area contributed by atoms with Crippen molar-refractivity contribution in [3.63, 3.8) is 0 Å². The number of hydrogen-bond donors (Lipinski definition) is 1. The van der Waals surface area contributed by atoms with E-state index in [9.17, 15) is 0 Å². The van der Waals surface area contributed by atoms with Crippen molar-refractivity contribution in [1.29, 1.82) is 0 Å². The maximum Gasteiger partial charge on any atom is 0.0294 e. The van der Waals surface area contributed by atoms with Crippen LogP contribution in [0, 0.1) is 0 Å². The van der Waals surface area contributed by atoms with Gasteiger partial charge in [-0.15, -0.1) is 0 Å². The molecule has 1 fully saturated rings. The summed E-state index contributed by atoms with van der Waals surface area (Å²) >= 11 is 3.54. The summed E-state index contributed by atoms with van der Waals surface area (Å²) in [5.41, 5.74) is 2.84. The van der Waals surface area contributed by atoms with Gasteiger partial charge in [0, 0.05) is 16.6 Å². The molecule has 104 valence electrons. The Labute approximate surface area is 129 Å². The summed E-state index contributed by atoms with van der Waals surface area (Å²) in [5.74, 6) is 0.739. The van der Waals surface area contributed by atoms with Gasteiger partial charge in [-0.2, -0.15) is 0 Å². The summed E-state index contributed by atoms with van der Waals surface area (Å²) in [4.78, 5) is 0. The molecular formula is C18H20BrN. The number of halogens is 1. The average Bonchev–Trinajstić information content (AvgIpc) is 2.43. The molecule has 0 aromatic heterocycles. The quantitative estimate of drug-likeness (QED) is 0.827. The van der Waals surface area contributed by atoms with E-state index in [1.54, 1.807) is 0 Å². The molecule has 0 bridgehead atoms. The predicted octanol–water partition coefficient (Wildman–Crippen LogP) is 5.05. The average molecular weight is 330 g/mol. The molecule has 0 amide bonds. The molecule has 0 aliphatic heterocycles. The van der Waals surface area contributed by atoms with Crippen LogP contribution in [0.4, 0.5) is 0 Å². The topological polar surface area (TPSA) is 12.0 Å². The first kappa shape index (κ1) is 13.8. The fourth-order valence-electron chi connectivity index (χ4n) is 2.98. The van der Waals surface area contributed by atoms with Crippen LogP contribution in [-0.2, 0) is 0 Å². The molecule has 2 aromatic carbocycles. The Balaban J connectivity index is 1.54. The Morgan fingerprint density at radius 3 is 2.50 bits per heavy atom. The van der Waals surface area contributed by atoms with Gasteiger partial charge >= 0.3 is 0 Å². The third-order valence-corrected chi connectivity index (χ3v) is 4.74. The van der Waals surface area contributed by atoms with Gasteiger partial charge in [-0.1, -0.05) is 58.4 Å². The molecule has 1 nitrogen and oxygen atoms in total. The third-order valence-electron chi connectivity index (χ3n) is 4.24. The van der Waals surface area contributed by atoms with Gasteiger partial charge in [-0.25, -0.2) is 0 Å². The lowest BCUT2D eigenvalue weighted by molar-refractivity contribution is 0.271. The molecule has 0 heterocycles. The van der Waals surface area contributed by atoms with Crippen molar-refractivity contribution >= 4 is 15.9 Å². The van der Waals surface area contributed by atoms with Crippen molar-refractivity contribution in [1.82, 2.24) is 5.32 Å². The van der Waals surface area contributed by atoms with E-state index in [2.05, 4.69) is 82.8 Å². The van der Waals surface area contributed by atoms with Gasteiger partial charge in [0.25, 0.3) is 0 Å². The maximum atomic E-state index is 3.74. The van der Waals surface area contributed by atoms with Crippen LogP contribution in [0.25, 0.3) is 0 Å². The molecule has 1 aliphatic carbocycles. The van der Waals surface area contributed by atoms with Gasteiger partial charge in [-0.3, -0.25) is 0 Å². The van der Waals surface area contributed by atoms with Gasteiger partial charge in [0.2, 0.25) is 0 Å². The third kappa shape index (κ3) is 3.13. The van der Waals surface area contributed by atoms with Crippen LogP contribution < -0.4 is 5.32 Å². The number of nitrogens with one attached hydrogen (secondary N) is 1. The molecular weight excluding hydrogens is 310 g/mol. The number of benzene rings is 2. The highest BCUT2D eigenvalue weighted by atomic mass is 79.9. The van der Waals surface area contributed by atoms with Crippen molar-refractivity contribution in [3.05, 3.63) is 70.2 Å². The minimum absolute atomic E-state index is 0.411. The van der Waals surface area contributed by atoms with E-state index >= 15 is 0 Å². The lowest BCUT2D eigenvalue weighted by Gasteiger charge is -2.38. The van der Waals surface area contributed by atoms with E-state index in [1.807, 2.05) is 0 Å². The van der Waals surface area contributed by atoms with Crippen molar-refractivity contribution in [3.8, 4) is 0 Å². The van der Waals surface area contributed by atoms with Crippen LogP contribution in [0.3, 0.4) is 0 Å². The zero-order valence-corrected chi connectivity index (χ0v) is 13.3. The summed E-state index contributed by atoms with van der Waals surface area (Å²) < 4.78 is 1.15. The highest BCUT2D eigenvalue weighted by Gasteiger charge is 2.30. The maximum absolute atomic E-state index is 3.74. The van der Waals surface area contributed by atoms with Gasteiger partial charge in [0.15, 0.2) is 0 Å². The summed E-state index contributed by atoms with van der Waals surface area (Å²) in [6.07, 6.45) is 2.50. The van der Waals surface area contributed by atoms with Gasteiger partial charge in [0.05, 0.1) is 0 Å². The smallest absolute Gasteiger partial charge is 0.0294 e. The first-order chi connectivity index (χ1) is 9.72. The van der Waals surface area contributed by atoms with Crippen molar-refractivity contribution < 1.29 is 0 Å². The summed E-state index contributed by atoms with van der Waals surface area (Å²) in [6.45, 7) is 2.25. The van der Waals surface area contributed by atoms with Crippen LogP contribution in [0.2, 0.25) is 0 Å². The van der Waals surface area contributed by atoms with E-state index in [0.29, 0.717) is 12.1 Å². The van der Waals surface area contributed by atoms with Crippen molar-refractivity contribution in [2.24, 2.45) is 0 Å². The highest BCUT2D eigenvalue weighted by molar-refractivity contribution is 9.10. The monoisotopic (exact) mass is 329 g/mol. The Morgan fingerprint density at radius 2 is 1.80 bits per heavy atom. The van der Waals surface area contributed by atoms with E-state index < -0.39 is 0 Å². The number of hydrogen-bond acceptors (Lipinski definition) is 1. The zero-order chi connectivity index (χ0) is 13.9. The largest absolute Gasteiger partial charge is 0.307 e. The SMILES string of the molecule is CC(NC1CC(c2ccccc2)C1)c1cccc(Br)c1. The molecule has 1 aliphatic rings. The Hall–Kier alpha value is -1.12. The molecule has 0 spiro atoms. The van der Waals surface area contributed by atoms with Crippen LogP contribution in [-0.4, -0.2) is 6.04 Å². The predicted molar refractivity (Wildman–Crippen MR) is 87.9 cm³/mol. The second-order valence-electron chi connectivity index (χ2n) is 5.72. The summed E-state index contributed by atoms with van der Waals surface area (Å²) in [7, 11) is 0. The minimum Gasteiger partial charge on any atom is -0.307 e. The highest BCUT2D eigenvalue weighted by Crippen LogP contribution is 2.37. The van der Waals surface area contributed by atoms with Crippen LogP contribution in [0.15, 0.2) is 59.1 Å². The van der Waals surface area contributed by atoms with E-state index in [0.717, 1.165) is 10.4 Å². The molecule has 1 N–H and O–H groups in total. The molecule has 2 aromatic rings. The first-order valence-corrected chi connectivity index (χ1v) is 8.08. The normalized spacial score (nSPS) is 23.1. The van der Waals surface area contributed by atoms with Gasteiger partial charge < -0.3 is 5.32 Å². The second-order valence-corrected chi connectivity index (χ2v) is 6.63. The Bertz CT molecular complexity index is 561. The molecule has 1 atom stereocenters. The standard InChI is InChI=1S/C18H20BrN/c1-13(15-8-5-9-17(19)10-15)20-18-11-16(12-18)14-6-3-2-4-7-14/h2-10,13,16,18,20H,11-12H2,1H3. The lowest BCUT2D eigenvalue weighted by Crippen LogP contribution is -2.41. The fraction of sp³-hybridized carbons (Fsp3) is 0.333.